The van der Waals surface area contributed by atoms with E-state index >= 15 is 0 Å². The Bertz CT molecular complexity index is 1010. The van der Waals surface area contributed by atoms with Gasteiger partial charge in [-0.05, 0) is 29.8 Å². The standard InChI is InChI=1S/C19H19N3O4S/c1-25-16-7-9-17(10-8-16)27(23,24)22-12-15(13-22)19-20-18(21-26-19)11-14-5-3-2-4-6-14/h2-10,15H,11-13H2,1H3. The van der Waals surface area contributed by atoms with Crippen LogP contribution in [0.25, 0.3) is 0 Å². The van der Waals surface area contributed by atoms with Gasteiger partial charge in [0, 0.05) is 19.5 Å². The maximum absolute atomic E-state index is 12.7. The van der Waals surface area contributed by atoms with Crippen LogP contribution in [0.4, 0.5) is 0 Å². The van der Waals surface area contributed by atoms with Gasteiger partial charge in [-0.2, -0.15) is 9.29 Å². The Morgan fingerprint density at radius 3 is 2.48 bits per heavy atom. The van der Waals surface area contributed by atoms with Crippen molar-refractivity contribution in [1.82, 2.24) is 14.4 Å². The Morgan fingerprint density at radius 2 is 1.81 bits per heavy atom. The van der Waals surface area contributed by atoms with Crippen molar-refractivity contribution in [2.24, 2.45) is 0 Å². The van der Waals surface area contributed by atoms with Crippen LogP contribution in [0.5, 0.6) is 5.75 Å². The maximum Gasteiger partial charge on any atom is 0.243 e. The van der Waals surface area contributed by atoms with Crippen molar-refractivity contribution in [2.75, 3.05) is 20.2 Å². The Morgan fingerprint density at radius 1 is 1.11 bits per heavy atom. The first-order chi connectivity index (χ1) is 13.1. The summed E-state index contributed by atoms with van der Waals surface area (Å²) in [5, 5.41) is 4.01. The number of hydrogen-bond donors (Lipinski definition) is 0. The van der Waals surface area contributed by atoms with Gasteiger partial charge in [-0.3, -0.25) is 0 Å². The molecule has 1 aliphatic rings. The number of aromatic nitrogens is 2. The number of nitrogens with zero attached hydrogens (tertiary/aromatic N) is 3. The van der Waals surface area contributed by atoms with E-state index in [1.165, 1.54) is 4.31 Å². The first kappa shape index (κ1) is 17.7. The summed E-state index contributed by atoms with van der Waals surface area (Å²) in [7, 11) is -1.98. The van der Waals surface area contributed by atoms with Crippen LogP contribution in [0.3, 0.4) is 0 Å². The average Bonchev–Trinajstić information content (AvgIpc) is 3.09. The minimum Gasteiger partial charge on any atom is -0.497 e. The predicted molar refractivity (Wildman–Crippen MR) is 98.0 cm³/mol. The zero-order valence-electron chi connectivity index (χ0n) is 14.8. The molecular formula is C19H19N3O4S. The molecule has 0 radical (unpaired) electrons. The first-order valence-corrected chi connectivity index (χ1v) is 10.0. The molecule has 0 atom stereocenters. The van der Waals surface area contributed by atoms with Crippen molar-refractivity contribution in [3.05, 3.63) is 71.9 Å². The van der Waals surface area contributed by atoms with E-state index in [0.717, 1.165) is 5.56 Å². The fourth-order valence-electron chi connectivity index (χ4n) is 2.97. The second-order valence-electron chi connectivity index (χ2n) is 6.41. The van der Waals surface area contributed by atoms with Gasteiger partial charge in [0.25, 0.3) is 0 Å². The molecule has 3 aromatic rings. The molecule has 0 unspecified atom stereocenters. The summed E-state index contributed by atoms with van der Waals surface area (Å²) in [6.45, 7) is 0.669. The summed E-state index contributed by atoms with van der Waals surface area (Å²) in [4.78, 5) is 4.67. The molecular weight excluding hydrogens is 366 g/mol. The van der Waals surface area contributed by atoms with Gasteiger partial charge in [-0.25, -0.2) is 8.42 Å². The normalized spacial score (nSPS) is 15.4. The zero-order valence-corrected chi connectivity index (χ0v) is 15.6. The van der Waals surface area contributed by atoms with Crippen LogP contribution < -0.4 is 4.74 Å². The largest absolute Gasteiger partial charge is 0.497 e. The molecule has 27 heavy (non-hydrogen) atoms. The Labute approximate surface area is 157 Å². The molecule has 0 saturated carbocycles. The van der Waals surface area contributed by atoms with Gasteiger partial charge in [-0.15, -0.1) is 0 Å². The van der Waals surface area contributed by atoms with Crippen LogP contribution in [-0.2, 0) is 16.4 Å². The second kappa shape index (κ2) is 7.13. The van der Waals surface area contributed by atoms with Crippen molar-refractivity contribution in [3.8, 4) is 5.75 Å². The number of hydrogen-bond acceptors (Lipinski definition) is 6. The lowest BCUT2D eigenvalue weighted by Crippen LogP contribution is -2.48. The Kier molecular flexibility index (Phi) is 4.67. The summed E-state index contributed by atoms with van der Waals surface area (Å²) in [6.07, 6.45) is 0.588. The van der Waals surface area contributed by atoms with Crippen molar-refractivity contribution in [3.63, 3.8) is 0 Å². The molecule has 0 bridgehead atoms. The second-order valence-corrected chi connectivity index (χ2v) is 8.34. The van der Waals surface area contributed by atoms with Gasteiger partial charge in [0.15, 0.2) is 5.82 Å². The minimum atomic E-state index is -3.52. The van der Waals surface area contributed by atoms with Crippen molar-refractivity contribution in [2.45, 2.75) is 17.2 Å². The highest BCUT2D eigenvalue weighted by Gasteiger charge is 2.40. The molecule has 4 rings (SSSR count). The lowest BCUT2D eigenvalue weighted by atomic mass is 10.0. The third-order valence-electron chi connectivity index (χ3n) is 4.58. The van der Waals surface area contributed by atoms with Crippen molar-refractivity contribution >= 4 is 10.0 Å². The fourth-order valence-corrected chi connectivity index (χ4v) is 4.50. The molecule has 0 N–H and O–H groups in total. The van der Waals surface area contributed by atoms with Crippen LogP contribution >= 0.6 is 0 Å². The quantitative estimate of drug-likeness (QED) is 0.648. The molecule has 1 fully saturated rings. The maximum atomic E-state index is 12.7. The van der Waals surface area contributed by atoms with Gasteiger partial charge in [0.1, 0.15) is 5.75 Å². The van der Waals surface area contributed by atoms with Gasteiger partial charge in [-0.1, -0.05) is 35.5 Å². The summed E-state index contributed by atoms with van der Waals surface area (Å²) in [5.41, 5.74) is 1.10. The summed E-state index contributed by atoms with van der Waals surface area (Å²) in [5.74, 6) is 1.64. The van der Waals surface area contributed by atoms with E-state index in [-0.39, 0.29) is 10.8 Å². The molecule has 1 saturated heterocycles. The molecule has 2 heterocycles. The van der Waals surface area contributed by atoms with Crippen molar-refractivity contribution < 1.29 is 17.7 Å². The van der Waals surface area contributed by atoms with Crippen LogP contribution in [0.15, 0.2) is 64.0 Å². The third kappa shape index (κ3) is 3.58. The summed E-state index contributed by atoms with van der Waals surface area (Å²) in [6, 6.07) is 16.3. The smallest absolute Gasteiger partial charge is 0.243 e. The SMILES string of the molecule is COc1ccc(S(=O)(=O)N2CC(c3nc(Cc4ccccc4)no3)C2)cc1. The van der Waals surface area contributed by atoms with Gasteiger partial charge >= 0.3 is 0 Å². The number of sulfonamides is 1. The van der Waals surface area contributed by atoms with Crippen LogP contribution in [0.2, 0.25) is 0 Å². The zero-order chi connectivity index (χ0) is 18.9. The van der Waals surface area contributed by atoms with E-state index in [4.69, 9.17) is 9.26 Å². The van der Waals surface area contributed by atoms with Crippen molar-refractivity contribution in [1.29, 1.82) is 0 Å². The highest BCUT2D eigenvalue weighted by atomic mass is 32.2. The van der Waals surface area contributed by atoms with E-state index in [2.05, 4.69) is 10.1 Å². The Hall–Kier alpha value is -2.71. The lowest BCUT2D eigenvalue weighted by Gasteiger charge is -2.35. The topological polar surface area (TPSA) is 85.5 Å². The molecule has 0 aliphatic carbocycles. The van der Waals surface area contributed by atoms with Gasteiger partial charge in [0.2, 0.25) is 15.9 Å². The monoisotopic (exact) mass is 385 g/mol. The molecule has 0 amide bonds. The molecule has 1 aromatic heterocycles. The van der Waals surface area contributed by atoms with E-state index < -0.39 is 10.0 Å². The molecule has 140 valence electrons. The fraction of sp³-hybridized carbons (Fsp3) is 0.263. The molecule has 8 heteroatoms. The summed E-state index contributed by atoms with van der Waals surface area (Å²) >= 11 is 0. The summed E-state index contributed by atoms with van der Waals surface area (Å²) < 4.78 is 37.1. The van der Waals surface area contributed by atoms with Gasteiger partial charge in [0.05, 0.1) is 17.9 Å². The van der Waals surface area contributed by atoms with Crippen LogP contribution in [0, 0.1) is 0 Å². The first-order valence-electron chi connectivity index (χ1n) is 8.57. The minimum absolute atomic E-state index is 0.0740. The van der Waals surface area contributed by atoms with Crippen LogP contribution in [-0.4, -0.2) is 43.1 Å². The Balaban J connectivity index is 1.40. The molecule has 1 aliphatic heterocycles. The van der Waals surface area contributed by atoms with Crippen LogP contribution in [0.1, 0.15) is 23.2 Å². The van der Waals surface area contributed by atoms with E-state index in [1.54, 1.807) is 31.4 Å². The van der Waals surface area contributed by atoms with E-state index in [9.17, 15) is 8.42 Å². The van der Waals surface area contributed by atoms with Gasteiger partial charge < -0.3 is 9.26 Å². The number of methoxy groups -OCH3 is 1. The highest BCUT2D eigenvalue weighted by molar-refractivity contribution is 7.89. The van der Waals surface area contributed by atoms with E-state index in [1.807, 2.05) is 30.3 Å². The number of rotatable bonds is 6. The highest BCUT2D eigenvalue weighted by Crippen LogP contribution is 2.31. The third-order valence-corrected chi connectivity index (χ3v) is 6.43. The molecule has 0 spiro atoms. The number of ether oxygens (including phenoxy) is 1. The predicted octanol–water partition coefficient (Wildman–Crippen LogP) is 2.46. The average molecular weight is 385 g/mol. The van der Waals surface area contributed by atoms with E-state index in [0.29, 0.717) is 37.0 Å². The number of benzene rings is 2. The lowest BCUT2D eigenvalue weighted by molar-refractivity contribution is 0.216. The molecule has 7 nitrogen and oxygen atoms in total. The molecule has 2 aromatic carbocycles.